The molecule has 2 aromatic heterocycles. The highest BCUT2D eigenvalue weighted by Crippen LogP contribution is 2.32. The molecule has 0 amide bonds. The van der Waals surface area contributed by atoms with Gasteiger partial charge in [0.25, 0.3) is 0 Å². The van der Waals surface area contributed by atoms with E-state index in [2.05, 4.69) is 159 Å². The van der Waals surface area contributed by atoms with E-state index in [0.29, 0.717) is 5.58 Å². The Balaban J connectivity index is 1.46. The smallest absolute Gasteiger partial charge is 0.179 e. The van der Waals surface area contributed by atoms with Crippen molar-refractivity contribution >= 4 is 50.9 Å². The molecule has 0 fully saturated rings. The Morgan fingerprint density at radius 1 is 0.548 bits per heavy atom. The van der Waals surface area contributed by atoms with Gasteiger partial charge in [-0.05, 0) is 44.0 Å². The minimum Gasteiger partial charge on any atom is -0.453 e. The number of aromatic nitrogens is 2. The van der Waals surface area contributed by atoms with Crippen LogP contribution in [0.5, 0.6) is 0 Å². The van der Waals surface area contributed by atoms with Crippen LogP contribution < -0.4 is 20.7 Å². The molecule has 0 saturated carbocycles. The summed E-state index contributed by atoms with van der Waals surface area (Å²) >= 11 is 0. The quantitative estimate of drug-likeness (QED) is 0.173. The zero-order chi connectivity index (χ0) is 28.7. The number of fused-ring (bicyclic) bond motifs is 3. The third-order valence-electron chi connectivity index (χ3n) is 8.13. The van der Waals surface area contributed by atoms with Gasteiger partial charge in [-0.3, -0.25) is 0 Å². The molecule has 0 bridgehead atoms. The predicted octanol–water partition coefficient (Wildman–Crippen LogP) is 6.72. The molecule has 0 aliphatic heterocycles. The van der Waals surface area contributed by atoms with Crippen LogP contribution in [-0.2, 0) is 5.41 Å². The molecule has 0 spiro atoms. The molecule has 0 saturated heterocycles. The summed E-state index contributed by atoms with van der Waals surface area (Å²) in [5.41, 5.74) is 4.57. The second-order valence-corrected chi connectivity index (χ2v) is 15.7. The molecule has 4 heteroatoms. The van der Waals surface area contributed by atoms with E-state index >= 15 is 0 Å². The van der Waals surface area contributed by atoms with Crippen molar-refractivity contribution in [3.05, 3.63) is 145 Å². The number of nitrogens with zero attached hydrogens (tertiary/aromatic N) is 2. The summed E-state index contributed by atoms with van der Waals surface area (Å²) < 4.78 is 6.14. The molecule has 3 nitrogen and oxygen atoms in total. The summed E-state index contributed by atoms with van der Waals surface area (Å²) in [5, 5.41) is 6.45. The Hall–Kier alpha value is -4.80. The van der Waals surface area contributed by atoms with Crippen LogP contribution in [0, 0.1) is 0 Å². The van der Waals surface area contributed by atoms with E-state index in [0.717, 1.165) is 27.9 Å². The molecule has 0 atom stereocenters. The summed E-state index contributed by atoms with van der Waals surface area (Å²) in [6.07, 6.45) is 1.81. The highest BCUT2D eigenvalue weighted by molar-refractivity contribution is 7.19. The summed E-state index contributed by atoms with van der Waals surface area (Å²) in [6.45, 7) is 6.40. The van der Waals surface area contributed by atoms with Gasteiger partial charge in [0.1, 0.15) is 16.9 Å². The lowest BCUT2D eigenvalue weighted by Gasteiger charge is -2.34. The van der Waals surface area contributed by atoms with E-state index in [-0.39, 0.29) is 5.41 Å². The van der Waals surface area contributed by atoms with E-state index in [9.17, 15) is 0 Å². The molecule has 0 aliphatic carbocycles. The van der Waals surface area contributed by atoms with Crippen LogP contribution in [0.25, 0.3) is 33.2 Å². The molecule has 0 radical (unpaired) electrons. The van der Waals surface area contributed by atoms with Gasteiger partial charge >= 0.3 is 0 Å². The zero-order valence-electron chi connectivity index (χ0n) is 24.1. The fourth-order valence-corrected chi connectivity index (χ4v) is 10.9. The standard InChI is InChI=1S/C38H32N2OSi/c1-38(2,3)37-39-26-35-36(40-37)33-25-28(22-23-34(33)41-35)27-14-13-21-32(24-27)42(29-15-7-4-8-16-29,30-17-9-5-10-18-30)31-19-11-6-12-20-31/h4-26H,1-3H3. The number of hydrogen-bond donors (Lipinski definition) is 0. The summed E-state index contributed by atoms with van der Waals surface area (Å²) in [4.78, 5) is 9.53. The van der Waals surface area contributed by atoms with Crippen molar-refractivity contribution in [1.29, 1.82) is 0 Å². The summed E-state index contributed by atoms with van der Waals surface area (Å²) in [6, 6.07) is 48.7. The third-order valence-corrected chi connectivity index (χ3v) is 12.9. The van der Waals surface area contributed by atoms with Crippen molar-refractivity contribution in [1.82, 2.24) is 9.97 Å². The van der Waals surface area contributed by atoms with Crippen LogP contribution in [-0.4, -0.2) is 18.0 Å². The van der Waals surface area contributed by atoms with Crippen LogP contribution in [0.15, 0.2) is 144 Å². The largest absolute Gasteiger partial charge is 0.453 e. The fourth-order valence-electron chi connectivity index (χ4n) is 6.10. The maximum Gasteiger partial charge on any atom is 0.179 e. The Morgan fingerprint density at radius 2 is 1.10 bits per heavy atom. The minimum atomic E-state index is -2.62. The molecule has 204 valence electrons. The normalized spacial score (nSPS) is 12.2. The Bertz CT molecular complexity index is 1910. The van der Waals surface area contributed by atoms with Gasteiger partial charge in [0.05, 0.1) is 6.20 Å². The monoisotopic (exact) mass is 560 g/mol. The van der Waals surface area contributed by atoms with Crippen LogP contribution >= 0.6 is 0 Å². The lowest BCUT2D eigenvalue weighted by molar-refractivity contribution is 0.546. The van der Waals surface area contributed by atoms with Gasteiger partial charge in [0.2, 0.25) is 0 Å². The molecule has 7 rings (SSSR count). The van der Waals surface area contributed by atoms with Crippen LogP contribution in [0.1, 0.15) is 26.6 Å². The van der Waals surface area contributed by atoms with Gasteiger partial charge in [-0.1, -0.05) is 142 Å². The van der Waals surface area contributed by atoms with Crippen LogP contribution in [0.4, 0.5) is 0 Å². The Morgan fingerprint density at radius 3 is 1.67 bits per heavy atom. The highest BCUT2D eigenvalue weighted by Gasteiger charge is 2.41. The van der Waals surface area contributed by atoms with E-state index in [1.807, 2.05) is 6.20 Å². The van der Waals surface area contributed by atoms with E-state index in [1.165, 1.54) is 26.3 Å². The first kappa shape index (κ1) is 26.1. The predicted molar refractivity (Wildman–Crippen MR) is 177 cm³/mol. The Kier molecular flexibility index (Phi) is 6.36. The van der Waals surface area contributed by atoms with Gasteiger partial charge in [0, 0.05) is 10.8 Å². The first-order valence-corrected chi connectivity index (χ1v) is 16.4. The van der Waals surface area contributed by atoms with Gasteiger partial charge in [-0.25, -0.2) is 9.97 Å². The average molecular weight is 561 g/mol. The second-order valence-electron chi connectivity index (χ2n) is 11.9. The minimum absolute atomic E-state index is 0.149. The average Bonchev–Trinajstić information content (AvgIpc) is 3.40. The Labute approximate surface area is 247 Å². The topological polar surface area (TPSA) is 38.9 Å². The van der Waals surface area contributed by atoms with E-state index < -0.39 is 8.07 Å². The lowest BCUT2D eigenvalue weighted by Crippen LogP contribution is -2.74. The molecule has 7 aromatic rings. The molecule has 0 N–H and O–H groups in total. The summed E-state index contributed by atoms with van der Waals surface area (Å²) in [5.74, 6) is 0.814. The molecule has 0 unspecified atom stereocenters. The zero-order valence-corrected chi connectivity index (χ0v) is 25.1. The third kappa shape index (κ3) is 4.36. The first-order valence-electron chi connectivity index (χ1n) is 14.4. The molecule has 2 heterocycles. The maximum atomic E-state index is 6.14. The first-order chi connectivity index (χ1) is 20.4. The SMILES string of the molecule is CC(C)(C)c1ncc2oc3ccc(-c4cccc([Si](c5ccccc5)(c5ccccc5)c5ccccc5)c4)cc3c2n1. The van der Waals surface area contributed by atoms with Crippen LogP contribution in [0.2, 0.25) is 0 Å². The molecule has 42 heavy (non-hydrogen) atoms. The highest BCUT2D eigenvalue weighted by atomic mass is 28.3. The second kappa shape index (κ2) is 10.2. The van der Waals surface area contributed by atoms with Gasteiger partial charge < -0.3 is 4.42 Å². The molecular formula is C38H32N2OSi. The number of hydrogen-bond acceptors (Lipinski definition) is 3. The van der Waals surface area contributed by atoms with Crippen molar-refractivity contribution in [3.8, 4) is 11.1 Å². The van der Waals surface area contributed by atoms with Crippen molar-refractivity contribution in [2.75, 3.05) is 0 Å². The van der Waals surface area contributed by atoms with Crippen molar-refractivity contribution < 1.29 is 4.42 Å². The van der Waals surface area contributed by atoms with Crippen molar-refractivity contribution in [2.45, 2.75) is 26.2 Å². The van der Waals surface area contributed by atoms with Crippen LogP contribution in [0.3, 0.4) is 0 Å². The fraction of sp³-hybridized carbons (Fsp3) is 0.105. The van der Waals surface area contributed by atoms with E-state index in [1.54, 1.807) is 0 Å². The molecular weight excluding hydrogens is 529 g/mol. The van der Waals surface area contributed by atoms with Crippen molar-refractivity contribution in [3.63, 3.8) is 0 Å². The maximum absolute atomic E-state index is 6.14. The number of furan rings is 1. The summed E-state index contributed by atoms with van der Waals surface area (Å²) in [7, 11) is -2.62. The molecule has 5 aromatic carbocycles. The van der Waals surface area contributed by atoms with Gasteiger partial charge in [-0.15, -0.1) is 0 Å². The van der Waals surface area contributed by atoms with Gasteiger partial charge in [0.15, 0.2) is 13.7 Å². The van der Waals surface area contributed by atoms with E-state index in [4.69, 9.17) is 9.40 Å². The van der Waals surface area contributed by atoms with Gasteiger partial charge in [-0.2, -0.15) is 0 Å². The number of rotatable bonds is 5. The number of benzene rings is 5. The molecule has 0 aliphatic rings. The van der Waals surface area contributed by atoms with Crippen molar-refractivity contribution in [2.24, 2.45) is 0 Å². The lowest BCUT2D eigenvalue weighted by atomic mass is 9.95.